The van der Waals surface area contributed by atoms with E-state index in [1.165, 1.54) is 0 Å². The lowest BCUT2D eigenvalue weighted by atomic mass is 9.99. The molecule has 1 rings (SSSR count). The van der Waals surface area contributed by atoms with Crippen LogP contribution in [0.1, 0.15) is 39.5 Å². The van der Waals surface area contributed by atoms with E-state index in [1.807, 2.05) is 6.92 Å². The van der Waals surface area contributed by atoms with Gasteiger partial charge in [-0.1, -0.05) is 6.92 Å². The molecule has 0 amide bonds. The number of nitrogens with one attached hydrogen (secondary N) is 1. The van der Waals surface area contributed by atoms with E-state index in [4.69, 9.17) is 10.00 Å². The molecule has 0 aliphatic heterocycles. The van der Waals surface area contributed by atoms with E-state index in [9.17, 15) is 0 Å². The van der Waals surface area contributed by atoms with Gasteiger partial charge in [0, 0.05) is 13.0 Å². The summed E-state index contributed by atoms with van der Waals surface area (Å²) in [6.07, 6.45) is 4.14. The third-order valence-corrected chi connectivity index (χ3v) is 2.80. The van der Waals surface area contributed by atoms with Gasteiger partial charge in [-0.05, 0) is 32.7 Å². The minimum Gasteiger partial charge on any atom is -0.378 e. The predicted molar refractivity (Wildman–Crippen MR) is 55.9 cm³/mol. The van der Waals surface area contributed by atoms with Crippen LogP contribution in [0.5, 0.6) is 0 Å². The van der Waals surface area contributed by atoms with Gasteiger partial charge < -0.3 is 4.74 Å². The molecule has 0 bridgehead atoms. The van der Waals surface area contributed by atoms with Crippen LogP contribution in [0, 0.1) is 11.3 Å². The Bertz CT molecular complexity index is 212. The van der Waals surface area contributed by atoms with Crippen LogP contribution in [0.2, 0.25) is 0 Å². The SMILES string of the molecule is CCCNC1(C#N)CCC(OCC)C1. The van der Waals surface area contributed by atoms with E-state index in [2.05, 4.69) is 18.3 Å². The molecule has 0 aromatic heterocycles. The predicted octanol–water partition coefficient (Wildman–Crippen LogP) is 1.84. The highest BCUT2D eigenvalue weighted by molar-refractivity contribution is 5.12. The first-order chi connectivity index (χ1) is 6.76. The topological polar surface area (TPSA) is 45.0 Å². The Morgan fingerprint density at radius 3 is 2.93 bits per heavy atom. The van der Waals surface area contributed by atoms with Gasteiger partial charge in [0.25, 0.3) is 0 Å². The molecule has 1 aliphatic carbocycles. The standard InChI is InChI=1S/C11H20N2O/c1-3-7-13-11(9-12)6-5-10(8-11)14-4-2/h10,13H,3-8H2,1-2H3. The van der Waals surface area contributed by atoms with E-state index in [0.29, 0.717) is 0 Å². The zero-order chi connectivity index (χ0) is 10.4. The fraction of sp³-hybridized carbons (Fsp3) is 0.909. The Hall–Kier alpha value is -0.590. The maximum atomic E-state index is 9.16. The number of nitrogens with zero attached hydrogens (tertiary/aromatic N) is 1. The Morgan fingerprint density at radius 1 is 1.57 bits per heavy atom. The maximum absolute atomic E-state index is 9.16. The molecule has 0 saturated heterocycles. The van der Waals surface area contributed by atoms with Crippen LogP contribution >= 0.6 is 0 Å². The molecule has 0 radical (unpaired) electrons. The van der Waals surface area contributed by atoms with Gasteiger partial charge >= 0.3 is 0 Å². The molecule has 2 atom stereocenters. The van der Waals surface area contributed by atoms with Crippen LogP contribution in [0.4, 0.5) is 0 Å². The smallest absolute Gasteiger partial charge is 0.109 e. The second-order valence-electron chi connectivity index (χ2n) is 3.94. The maximum Gasteiger partial charge on any atom is 0.109 e. The first kappa shape index (κ1) is 11.5. The molecular formula is C11H20N2O. The zero-order valence-corrected chi connectivity index (χ0v) is 9.18. The summed E-state index contributed by atoms with van der Waals surface area (Å²) < 4.78 is 5.55. The van der Waals surface area contributed by atoms with Crippen molar-refractivity contribution in [3.05, 3.63) is 0 Å². The van der Waals surface area contributed by atoms with Gasteiger partial charge in [-0.25, -0.2) is 0 Å². The Kier molecular flexibility index (Phi) is 4.37. The summed E-state index contributed by atoms with van der Waals surface area (Å²) >= 11 is 0. The number of hydrogen-bond acceptors (Lipinski definition) is 3. The normalized spacial score (nSPS) is 31.6. The van der Waals surface area contributed by atoms with Crippen molar-refractivity contribution in [2.45, 2.75) is 51.2 Å². The van der Waals surface area contributed by atoms with Gasteiger partial charge in [-0.2, -0.15) is 5.26 Å². The van der Waals surface area contributed by atoms with E-state index in [1.54, 1.807) is 0 Å². The summed E-state index contributed by atoms with van der Waals surface area (Å²) in [6.45, 7) is 5.80. The van der Waals surface area contributed by atoms with Crippen molar-refractivity contribution in [2.75, 3.05) is 13.2 Å². The number of rotatable bonds is 5. The molecular weight excluding hydrogens is 176 g/mol. The summed E-state index contributed by atoms with van der Waals surface area (Å²) in [6, 6.07) is 2.41. The van der Waals surface area contributed by atoms with Crippen molar-refractivity contribution in [3.8, 4) is 6.07 Å². The minimum atomic E-state index is -0.310. The van der Waals surface area contributed by atoms with Crippen LogP contribution in [-0.2, 0) is 4.74 Å². The summed E-state index contributed by atoms with van der Waals surface area (Å²) in [4.78, 5) is 0. The molecule has 14 heavy (non-hydrogen) atoms. The minimum absolute atomic E-state index is 0.281. The lowest BCUT2D eigenvalue weighted by molar-refractivity contribution is 0.0644. The lowest BCUT2D eigenvalue weighted by Gasteiger charge is -2.22. The van der Waals surface area contributed by atoms with Crippen molar-refractivity contribution >= 4 is 0 Å². The van der Waals surface area contributed by atoms with Crippen molar-refractivity contribution in [2.24, 2.45) is 0 Å². The Balaban J connectivity index is 2.45. The molecule has 0 heterocycles. The number of nitriles is 1. The van der Waals surface area contributed by atoms with Gasteiger partial charge in [-0.3, -0.25) is 5.32 Å². The average Bonchev–Trinajstić information content (AvgIpc) is 2.60. The third kappa shape index (κ3) is 2.70. The highest BCUT2D eigenvalue weighted by Crippen LogP contribution is 2.31. The summed E-state index contributed by atoms with van der Waals surface area (Å²) in [5.41, 5.74) is -0.310. The fourth-order valence-corrected chi connectivity index (χ4v) is 2.04. The molecule has 1 fully saturated rings. The van der Waals surface area contributed by atoms with Gasteiger partial charge in [0.15, 0.2) is 0 Å². The van der Waals surface area contributed by atoms with E-state index >= 15 is 0 Å². The monoisotopic (exact) mass is 196 g/mol. The molecule has 3 heteroatoms. The third-order valence-electron chi connectivity index (χ3n) is 2.80. The second-order valence-corrected chi connectivity index (χ2v) is 3.94. The van der Waals surface area contributed by atoms with Crippen LogP contribution in [0.25, 0.3) is 0 Å². The van der Waals surface area contributed by atoms with Crippen LogP contribution in [-0.4, -0.2) is 24.8 Å². The first-order valence-electron chi connectivity index (χ1n) is 5.54. The van der Waals surface area contributed by atoms with Gasteiger partial charge in [0.1, 0.15) is 5.54 Å². The zero-order valence-electron chi connectivity index (χ0n) is 9.18. The van der Waals surface area contributed by atoms with Crippen molar-refractivity contribution in [3.63, 3.8) is 0 Å². The van der Waals surface area contributed by atoms with Crippen LogP contribution in [0.3, 0.4) is 0 Å². The Labute approximate surface area is 86.4 Å². The van der Waals surface area contributed by atoms with Gasteiger partial charge in [0.05, 0.1) is 12.2 Å². The molecule has 1 N–H and O–H groups in total. The van der Waals surface area contributed by atoms with E-state index < -0.39 is 0 Å². The highest BCUT2D eigenvalue weighted by Gasteiger charge is 2.39. The second kappa shape index (κ2) is 5.33. The largest absolute Gasteiger partial charge is 0.378 e. The molecule has 2 unspecified atom stereocenters. The highest BCUT2D eigenvalue weighted by atomic mass is 16.5. The lowest BCUT2D eigenvalue weighted by Crippen LogP contribution is -2.42. The molecule has 0 aromatic rings. The first-order valence-corrected chi connectivity index (χ1v) is 5.54. The van der Waals surface area contributed by atoms with Gasteiger partial charge in [0.2, 0.25) is 0 Å². The van der Waals surface area contributed by atoms with Crippen molar-refractivity contribution < 1.29 is 4.74 Å². The van der Waals surface area contributed by atoms with E-state index in [0.717, 1.165) is 38.8 Å². The molecule has 1 aliphatic rings. The molecule has 80 valence electrons. The molecule has 1 saturated carbocycles. The molecule has 0 aromatic carbocycles. The number of ether oxygens (including phenoxy) is 1. The van der Waals surface area contributed by atoms with Crippen LogP contribution < -0.4 is 5.32 Å². The van der Waals surface area contributed by atoms with Crippen molar-refractivity contribution in [1.29, 1.82) is 5.26 Å². The molecule has 0 spiro atoms. The Morgan fingerprint density at radius 2 is 2.36 bits per heavy atom. The van der Waals surface area contributed by atoms with Crippen LogP contribution in [0.15, 0.2) is 0 Å². The fourth-order valence-electron chi connectivity index (χ4n) is 2.04. The quantitative estimate of drug-likeness (QED) is 0.729. The summed E-state index contributed by atoms with van der Waals surface area (Å²) in [7, 11) is 0. The van der Waals surface area contributed by atoms with Gasteiger partial charge in [-0.15, -0.1) is 0 Å². The average molecular weight is 196 g/mol. The van der Waals surface area contributed by atoms with Crippen molar-refractivity contribution in [1.82, 2.24) is 5.32 Å². The summed E-state index contributed by atoms with van der Waals surface area (Å²) in [5, 5.41) is 12.5. The number of hydrogen-bond donors (Lipinski definition) is 1. The van der Waals surface area contributed by atoms with E-state index in [-0.39, 0.29) is 11.6 Å². The molecule has 3 nitrogen and oxygen atoms in total. The summed E-state index contributed by atoms with van der Waals surface area (Å²) in [5.74, 6) is 0.